The van der Waals surface area contributed by atoms with Crippen molar-refractivity contribution in [1.82, 2.24) is 0 Å². The summed E-state index contributed by atoms with van der Waals surface area (Å²) in [7, 11) is 1.05. The van der Waals surface area contributed by atoms with Crippen LogP contribution in [0.2, 0.25) is 8.35 Å². The maximum absolute atomic E-state index is 2.30. The van der Waals surface area contributed by atoms with Gasteiger partial charge >= 0.3 is 83.6 Å². The van der Waals surface area contributed by atoms with Crippen LogP contribution in [-0.4, -0.2) is 33.2 Å². The van der Waals surface area contributed by atoms with Gasteiger partial charge in [0.1, 0.15) is 0 Å². The second-order valence-electron chi connectivity index (χ2n) is 7.91. The summed E-state index contributed by atoms with van der Waals surface area (Å²) in [5.74, 6) is 0. The quantitative estimate of drug-likeness (QED) is 0.298. The molecule has 1 radical (unpaired) electrons. The van der Waals surface area contributed by atoms with Crippen LogP contribution in [0.5, 0.6) is 0 Å². The van der Waals surface area contributed by atoms with Crippen LogP contribution in [0.1, 0.15) is 93.9 Å². The average Bonchev–Trinajstić information content (AvgIpc) is 2.24. The van der Waals surface area contributed by atoms with Crippen LogP contribution in [0, 0.1) is 0 Å². The molecule has 0 aromatic heterocycles. The Hall–Kier alpha value is 1.30. The molecule has 0 nitrogen and oxygen atoms in total. The maximum atomic E-state index is 2.30. The molecule has 0 aliphatic heterocycles. The second-order valence-corrected chi connectivity index (χ2v) is 16.1. The first-order valence-corrected chi connectivity index (χ1v) is 14.4. The van der Waals surface area contributed by atoms with Crippen LogP contribution in [0.15, 0.2) is 0 Å². The van der Waals surface area contributed by atoms with Gasteiger partial charge in [0.15, 0.2) is 0 Å². The van der Waals surface area contributed by atoms with E-state index in [-0.39, 0.29) is 22.9 Å². The first-order chi connectivity index (χ1) is 9.12. The van der Waals surface area contributed by atoms with Gasteiger partial charge < -0.3 is 0 Å². The predicted molar refractivity (Wildman–Crippen MR) is 102 cm³/mol. The van der Waals surface area contributed by atoms with Crippen LogP contribution in [0.4, 0.5) is 0 Å². The van der Waals surface area contributed by atoms with E-state index < -0.39 is 0 Å². The Morgan fingerprint density at radius 3 is 1.20 bits per heavy atom. The van der Waals surface area contributed by atoms with E-state index in [0.29, 0.717) is 10.3 Å². The molecule has 0 N–H and O–H groups in total. The molecule has 0 aromatic carbocycles. The molecule has 2 heteroatoms. The van der Waals surface area contributed by atoms with E-state index in [4.69, 9.17) is 0 Å². The number of hydrogen-bond acceptors (Lipinski definition) is 0. The Balaban J connectivity index is 0. The van der Waals surface area contributed by atoms with Crippen molar-refractivity contribution in [2.45, 2.75) is 113 Å². The summed E-state index contributed by atoms with van der Waals surface area (Å²) in [6, 6.07) is 0. The summed E-state index contributed by atoms with van der Waals surface area (Å²) in [5, 5.41) is 1.02. The van der Waals surface area contributed by atoms with E-state index in [9.17, 15) is 0 Å². The Morgan fingerprint density at radius 2 is 1.00 bits per heavy atom. The van der Waals surface area contributed by atoms with E-state index in [1.165, 1.54) is 25.7 Å². The fourth-order valence-corrected chi connectivity index (χ4v) is 8.72. The molecule has 0 aliphatic rings. The monoisotopic (exact) mass is 403 g/mol. The molecular formula is C18H41InP. The molecule has 0 bridgehead atoms. The molecule has 0 fully saturated rings. The van der Waals surface area contributed by atoms with Crippen molar-refractivity contribution >= 4 is 31.5 Å². The van der Waals surface area contributed by atoms with Gasteiger partial charge in [0, 0.05) is 0 Å². The molecule has 121 valence electrons. The summed E-state index contributed by atoms with van der Waals surface area (Å²) in [4.78, 5) is 0. The fraction of sp³-hybridized carbons (Fsp3) is 1.00. The number of hydrogen-bond donors (Lipinski definition) is 0. The van der Waals surface area contributed by atoms with Crippen molar-refractivity contribution in [3.8, 4) is 0 Å². The second kappa shape index (κ2) is 13.9. The molecular weight excluding hydrogens is 362 g/mol. The van der Waals surface area contributed by atoms with Gasteiger partial charge in [-0.25, -0.2) is 0 Å². The first kappa shape index (κ1) is 23.6. The first-order valence-electron chi connectivity index (χ1n) is 8.73. The number of unbranched alkanes of at least 4 members (excludes halogenated alkanes) is 4. The average molecular weight is 403 g/mol. The molecule has 0 rings (SSSR count). The summed E-state index contributed by atoms with van der Waals surface area (Å²) < 4.78 is 3.32. The Labute approximate surface area is 143 Å². The molecule has 0 aromatic rings. The van der Waals surface area contributed by atoms with Gasteiger partial charge in [-0.2, -0.15) is 0 Å². The topological polar surface area (TPSA) is 0 Å². The van der Waals surface area contributed by atoms with Crippen molar-refractivity contribution in [2.75, 3.05) is 0 Å². The molecule has 0 saturated carbocycles. The Kier molecular flexibility index (Phi) is 16.4. The van der Waals surface area contributed by atoms with Gasteiger partial charge in [-0.1, -0.05) is 41.5 Å². The van der Waals surface area contributed by atoms with Crippen LogP contribution in [-0.2, 0) is 0 Å². The number of rotatable bonds is 8. The summed E-state index contributed by atoms with van der Waals surface area (Å²) >= 11 is -0.0347. The normalized spacial score (nSPS) is 11.8. The van der Waals surface area contributed by atoms with Gasteiger partial charge in [0.2, 0.25) is 0 Å². The van der Waals surface area contributed by atoms with Crippen molar-refractivity contribution < 1.29 is 0 Å². The molecule has 0 saturated heterocycles. The van der Waals surface area contributed by atoms with Gasteiger partial charge in [-0.3, -0.25) is 0 Å². The summed E-state index contributed by atoms with van der Waals surface area (Å²) in [6.45, 7) is 18.4. The van der Waals surface area contributed by atoms with Crippen LogP contribution in [0.3, 0.4) is 0 Å². The van der Waals surface area contributed by atoms with Crippen LogP contribution in [0.25, 0.3) is 0 Å². The fourth-order valence-electron chi connectivity index (χ4n) is 2.35. The zero-order valence-corrected chi connectivity index (χ0v) is 20.0. The zero-order chi connectivity index (χ0) is 16.1. The van der Waals surface area contributed by atoms with Crippen LogP contribution >= 0.6 is 8.58 Å². The third-order valence-electron chi connectivity index (χ3n) is 2.77. The van der Waals surface area contributed by atoms with Gasteiger partial charge in [-0.15, -0.1) is 8.58 Å². The van der Waals surface area contributed by atoms with E-state index in [2.05, 4.69) is 55.4 Å². The molecule has 0 spiro atoms. The SMILES string of the molecule is CC(C)(C)PC(C)(C)C.CCCC[CH2][In][CH2]CCCC. The predicted octanol–water partition coefficient (Wildman–Crippen LogP) is 7.17. The minimum absolute atomic E-state index is 0.0347. The summed E-state index contributed by atoms with van der Waals surface area (Å²) in [5.41, 5.74) is 0. The Morgan fingerprint density at radius 1 is 0.650 bits per heavy atom. The molecule has 20 heavy (non-hydrogen) atoms. The van der Waals surface area contributed by atoms with E-state index in [0.717, 1.165) is 8.58 Å². The van der Waals surface area contributed by atoms with Crippen LogP contribution < -0.4 is 0 Å². The van der Waals surface area contributed by atoms with Gasteiger partial charge in [0.05, 0.1) is 0 Å². The molecule has 0 atom stereocenters. The van der Waals surface area contributed by atoms with Crippen molar-refractivity contribution in [3.05, 3.63) is 0 Å². The van der Waals surface area contributed by atoms with Gasteiger partial charge in [0.25, 0.3) is 0 Å². The van der Waals surface area contributed by atoms with Crippen molar-refractivity contribution in [2.24, 2.45) is 0 Å². The minimum atomic E-state index is -0.0347. The van der Waals surface area contributed by atoms with E-state index >= 15 is 0 Å². The standard InChI is InChI=1S/C8H19P.2C5H11.In/c1-7(2,3)9-8(4,5)6;2*1-3-5-4-2;/h9H,1-6H3;2*1,3-5H2,2H3;. The molecule has 0 heterocycles. The van der Waals surface area contributed by atoms with Gasteiger partial charge in [-0.05, 0) is 10.3 Å². The molecule has 0 amide bonds. The van der Waals surface area contributed by atoms with Crippen molar-refractivity contribution in [3.63, 3.8) is 0 Å². The summed E-state index contributed by atoms with van der Waals surface area (Å²) in [6.07, 6.45) is 8.86. The third kappa shape index (κ3) is 27.6. The van der Waals surface area contributed by atoms with Crippen molar-refractivity contribution in [1.29, 1.82) is 0 Å². The molecule has 0 unspecified atom stereocenters. The third-order valence-corrected chi connectivity index (χ3v) is 8.93. The Bertz CT molecular complexity index is 169. The zero-order valence-electron chi connectivity index (χ0n) is 15.7. The van der Waals surface area contributed by atoms with E-state index in [1.807, 2.05) is 0 Å². The van der Waals surface area contributed by atoms with E-state index in [1.54, 1.807) is 21.2 Å². The molecule has 0 aliphatic carbocycles.